The number of rotatable bonds is 7. The third kappa shape index (κ3) is 5.07. The molecular weight excluding hydrogens is 320 g/mol. The second-order valence-corrected chi connectivity index (χ2v) is 6.42. The van der Waals surface area contributed by atoms with Crippen molar-refractivity contribution in [3.63, 3.8) is 0 Å². The molecule has 1 aliphatic heterocycles. The molecule has 2 aromatic heterocycles. The maximum absolute atomic E-state index is 12.1. The van der Waals surface area contributed by atoms with Crippen molar-refractivity contribution in [3.8, 4) is 0 Å². The predicted octanol–water partition coefficient (Wildman–Crippen LogP) is 0.596. The highest BCUT2D eigenvalue weighted by Gasteiger charge is 2.27. The van der Waals surface area contributed by atoms with Crippen LogP contribution in [0.4, 0.5) is 0 Å². The monoisotopic (exact) mass is 344 g/mol. The number of amides is 1. The number of nitrogens with zero attached hydrogens (tertiary/aromatic N) is 5. The lowest BCUT2D eigenvalue weighted by molar-refractivity contribution is -0.122. The minimum Gasteiger partial charge on any atom is -0.349 e. The van der Waals surface area contributed by atoms with E-state index in [-0.39, 0.29) is 5.91 Å². The van der Waals surface area contributed by atoms with Gasteiger partial charge < -0.3 is 9.84 Å². The van der Waals surface area contributed by atoms with Gasteiger partial charge in [-0.25, -0.2) is 0 Å². The van der Waals surface area contributed by atoms with Crippen LogP contribution in [0.2, 0.25) is 0 Å². The smallest absolute Gasteiger partial charge is 0.234 e. The largest absolute Gasteiger partial charge is 0.349 e. The molecule has 1 atom stereocenters. The molecule has 134 valence electrons. The zero-order chi connectivity index (χ0) is 17.6. The summed E-state index contributed by atoms with van der Waals surface area (Å²) in [7, 11) is 2.06. The Labute approximate surface area is 147 Å². The number of likely N-dealkylation sites (tertiary alicyclic amines) is 1. The molecular formula is C17H24N6O2. The molecule has 8 nitrogen and oxygen atoms in total. The van der Waals surface area contributed by atoms with E-state index in [1.165, 1.54) is 0 Å². The molecule has 1 N–H and O–H groups in total. The first-order valence-electron chi connectivity index (χ1n) is 8.48. The van der Waals surface area contributed by atoms with E-state index in [4.69, 9.17) is 4.52 Å². The van der Waals surface area contributed by atoms with Crippen LogP contribution in [0.5, 0.6) is 0 Å². The van der Waals surface area contributed by atoms with E-state index in [0.717, 1.165) is 25.2 Å². The Bertz CT molecular complexity index is 689. The van der Waals surface area contributed by atoms with Crippen molar-refractivity contribution >= 4 is 5.91 Å². The highest BCUT2D eigenvalue weighted by atomic mass is 16.5. The van der Waals surface area contributed by atoms with E-state index in [1.807, 2.05) is 18.2 Å². The highest BCUT2D eigenvalue weighted by molar-refractivity contribution is 5.78. The van der Waals surface area contributed by atoms with Crippen molar-refractivity contribution in [3.05, 3.63) is 41.8 Å². The number of aromatic nitrogens is 3. The number of nitrogens with one attached hydrogen (secondary N) is 1. The molecule has 8 heteroatoms. The van der Waals surface area contributed by atoms with Gasteiger partial charge in [-0.05, 0) is 25.6 Å². The molecule has 25 heavy (non-hydrogen) atoms. The fraction of sp³-hybridized carbons (Fsp3) is 0.529. The van der Waals surface area contributed by atoms with Gasteiger partial charge in [0.2, 0.25) is 11.8 Å². The van der Waals surface area contributed by atoms with Gasteiger partial charge in [-0.3, -0.25) is 19.6 Å². The molecule has 1 aliphatic rings. The molecule has 3 heterocycles. The Morgan fingerprint density at radius 3 is 3.08 bits per heavy atom. The van der Waals surface area contributed by atoms with Crippen molar-refractivity contribution in [1.82, 2.24) is 30.2 Å². The lowest BCUT2D eigenvalue weighted by Gasteiger charge is -2.23. The van der Waals surface area contributed by atoms with E-state index < -0.39 is 0 Å². The SMILES string of the molecule is Cc1nc(CN(C)[C@@H]2CCN(CC(=O)NCc3ccccn3)C2)no1. The Kier molecular flexibility index (Phi) is 5.72. The topological polar surface area (TPSA) is 87.4 Å². The molecule has 0 saturated carbocycles. The number of pyridine rings is 1. The molecule has 1 saturated heterocycles. The van der Waals surface area contributed by atoms with E-state index >= 15 is 0 Å². The third-order valence-electron chi connectivity index (χ3n) is 4.39. The number of likely N-dealkylation sites (N-methyl/N-ethyl adjacent to an activating group) is 1. The molecule has 1 amide bonds. The van der Waals surface area contributed by atoms with Gasteiger partial charge in [-0.15, -0.1) is 0 Å². The summed E-state index contributed by atoms with van der Waals surface area (Å²) in [5.41, 5.74) is 0.866. The van der Waals surface area contributed by atoms with Crippen LogP contribution in [-0.2, 0) is 17.9 Å². The lowest BCUT2D eigenvalue weighted by atomic mass is 10.2. The van der Waals surface area contributed by atoms with Crippen molar-refractivity contribution < 1.29 is 9.32 Å². The molecule has 0 bridgehead atoms. The summed E-state index contributed by atoms with van der Waals surface area (Å²) >= 11 is 0. The van der Waals surface area contributed by atoms with Gasteiger partial charge in [-0.1, -0.05) is 11.2 Å². The van der Waals surface area contributed by atoms with Gasteiger partial charge >= 0.3 is 0 Å². The van der Waals surface area contributed by atoms with Crippen LogP contribution >= 0.6 is 0 Å². The van der Waals surface area contributed by atoms with Crippen LogP contribution in [0.15, 0.2) is 28.9 Å². The fourth-order valence-corrected chi connectivity index (χ4v) is 3.02. The van der Waals surface area contributed by atoms with Gasteiger partial charge in [-0.2, -0.15) is 4.98 Å². The minimum atomic E-state index is 0.0303. The normalized spacial score (nSPS) is 18.0. The zero-order valence-electron chi connectivity index (χ0n) is 14.7. The Hall–Kier alpha value is -2.32. The van der Waals surface area contributed by atoms with E-state index in [1.54, 1.807) is 13.1 Å². The van der Waals surface area contributed by atoms with Gasteiger partial charge in [0.15, 0.2) is 5.82 Å². The third-order valence-corrected chi connectivity index (χ3v) is 4.39. The molecule has 0 aromatic carbocycles. The Balaban J connectivity index is 1.40. The van der Waals surface area contributed by atoms with Crippen LogP contribution < -0.4 is 5.32 Å². The number of carbonyl (C=O) groups is 1. The molecule has 1 fully saturated rings. The maximum Gasteiger partial charge on any atom is 0.234 e. The average molecular weight is 344 g/mol. The summed E-state index contributed by atoms with van der Waals surface area (Å²) in [5.74, 6) is 1.32. The van der Waals surface area contributed by atoms with Crippen molar-refractivity contribution in [2.75, 3.05) is 26.7 Å². The van der Waals surface area contributed by atoms with E-state index in [9.17, 15) is 4.79 Å². The number of aryl methyl sites for hydroxylation is 1. The Morgan fingerprint density at radius 1 is 1.48 bits per heavy atom. The first kappa shape index (κ1) is 17.5. The summed E-state index contributed by atoms with van der Waals surface area (Å²) in [6.07, 6.45) is 2.76. The summed E-state index contributed by atoms with van der Waals surface area (Å²) < 4.78 is 5.01. The minimum absolute atomic E-state index is 0.0303. The Morgan fingerprint density at radius 2 is 2.36 bits per heavy atom. The van der Waals surface area contributed by atoms with Gasteiger partial charge in [0.25, 0.3) is 0 Å². The molecule has 2 aromatic rings. The lowest BCUT2D eigenvalue weighted by Crippen LogP contribution is -2.39. The van der Waals surface area contributed by atoms with Crippen LogP contribution in [0.3, 0.4) is 0 Å². The second kappa shape index (κ2) is 8.17. The first-order valence-corrected chi connectivity index (χ1v) is 8.48. The van der Waals surface area contributed by atoms with Crippen molar-refractivity contribution in [1.29, 1.82) is 0 Å². The van der Waals surface area contributed by atoms with Gasteiger partial charge in [0.1, 0.15) is 0 Å². The quantitative estimate of drug-likeness (QED) is 0.787. The van der Waals surface area contributed by atoms with Crippen LogP contribution in [0.25, 0.3) is 0 Å². The second-order valence-electron chi connectivity index (χ2n) is 6.42. The summed E-state index contributed by atoms with van der Waals surface area (Å²) in [5, 5.41) is 6.86. The summed E-state index contributed by atoms with van der Waals surface area (Å²) in [6.45, 7) is 5.10. The molecule has 0 unspecified atom stereocenters. The molecule has 0 spiro atoms. The van der Waals surface area contributed by atoms with Crippen LogP contribution in [0, 0.1) is 6.92 Å². The first-order chi connectivity index (χ1) is 12.1. The summed E-state index contributed by atoms with van der Waals surface area (Å²) in [4.78, 5) is 25.0. The zero-order valence-corrected chi connectivity index (χ0v) is 14.7. The van der Waals surface area contributed by atoms with Crippen LogP contribution in [0.1, 0.15) is 23.8 Å². The standard InChI is InChI=1S/C17H24N6O2/c1-13-20-16(21-25-13)11-22(2)15-6-8-23(10-15)12-17(24)19-9-14-5-3-4-7-18-14/h3-5,7,15H,6,8-12H2,1-2H3,(H,19,24)/t15-/m1/s1. The highest BCUT2D eigenvalue weighted by Crippen LogP contribution is 2.15. The average Bonchev–Trinajstić information content (AvgIpc) is 3.23. The predicted molar refractivity (Wildman–Crippen MR) is 91.4 cm³/mol. The van der Waals surface area contributed by atoms with E-state index in [0.29, 0.717) is 37.4 Å². The fourth-order valence-electron chi connectivity index (χ4n) is 3.02. The number of hydrogen-bond acceptors (Lipinski definition) is 7. The van der Waals surface area contributed by atoms with Crippen LogP contribution in [-0.4, -0.2) is 63.6 Å². The van der Waals surface area contributed by atoms with Gasteiger partial charge in [0, 0.05) is 32.3 Å². The number of carbonyl (C=O) groups excluding carboxylic acids is 1. The molecule has 0 aliphatic carbocycles. The van der Waals surface area contributed by atoms with E-state index in [2.05, 4.69) is 37.3 Å². The van der Waals surface area contributed by atoms with Crippen molar-refractivity contribution in [2.24, 2.45) is 0 Å². The summed E-state index contributed by atoms with van der Waals surface area (Å²) in [6, 6.07) is 6.08. The van der Waals surface area contributed by atoms with Crippen molar-refractivity contribution in [2.45, 2.75) is 32.5 Å². The maximum atomic E-state index is 12.1. The molecule has 3 rings (SSSR count). The van der Waals surface area contributed by atoms with Gasteiger partial charge in [0.05, 0.1) is 25.3 Å². The number of hydrogen-bond donors (Lipinski definition) is 1. The molecule has 0 radical (unpaired) electrons.